The van der Waals surface area contributed by atoms with Crippen molar-refractivity contribution < 1.29 is 17.9 Å². The first kappa shape index (κ1) is 15.8. The highest BCUT2D eigenvalue weighted by Crippen LogP contribution is 2.18. The van der Waals surface area contributed by atoms with Gasteiger partial charge in [-0.3, -0.25) is 4.90 Å². The van der Waals surface area contributed by atoms with E-state index in [-0.39, 0.29) is 13.2 Å². The zero-order valence-electron chi connectivity index (χ0n) is 10.9. The second-order valence-corrected chi connectivity index (χ2v) is 4.14. The van der Waals surface area contributed by atoms with Crippen LogP contribution in [0.4, 0.5) is 13.2 Å². The van der Waals surface area contributed by atoms with Crippen LogP contribution in [0.15, 0.2) is 24.3 Å². The zero-order valence-corrected chi connectivity index (χ0v) is 10.9. The molecular weight excluding hydrogens is 257 g/mol. The van der Waals surface area contributed by atoms with Crippen LogP contribution in [0.3, 0.4) is 0 Å². The molecule has 0 atom stereocenters. The Labute approximate surface area is 111 Å². The van der Waals surface area contributed by atoms with Gasteiger partial charge in [0.1, 0.15) is 12.4 Å². The van der Waals surface area contributed by atoms with Gasteiger partial charge in [0.05, 0.1) is 6.54 Å². The number of likely N-dealkylation sites (N-methyl/N-ethyl adjacent to an activating group) is 1. The zero-order chi connectivity index (χ0) is 14.3. The maximum atomic E-state index is 12.3. The third kappa shape index (κ3) is 5.94. The molecule has 0 amide bonds. The quantitative estimate of drug-likeness (QED) is 0.831. The second kappa shape index (κ2) is 7.35. The number of hydrogen-bond donors (Lipinski definition) is 1. The smallest absolute Gasteiger partial charge is 0.401 e. The number of nitrogens with two attached hydrogens (primary N) is 1. The van der Waals surface area contributed by atoms with Gasteiger partial charge in [-0.15, -0.1) is 0 Å². The summed E-state index contributed by atoms with van der Waals surface area (Å²) in [5.74, 6) is 0.632. The number of benzene rings is 1. The summed E-state index contributed by atoms with van der Waals surface area (Å²) in [6.07, 6.45) is -4.18. The predicted molar refractivity (Wildman–Crippen MR) is 68.0 cm³/mol. The number of alkyl halides is 3. The van der Waals surface area contributed by atoms with Crippen molar-refractivity contribution in [3.8, 4) is 5.75 Å². The van der Waals surface area contributed by atoms with Crippen molar-refractivity contribution in [2.24, 2.45) is 5.73 Å². The molecule has 0 aromatic heterocycles. The van der Waals surface area contributed by atoms with E-state index < -0.39 is 12.7 Å². The summed E-state index contributed by atoms with van der Waals surface area (Å²) >= 11 is 0. The third-order valence-corrected chi connectivity index (χ3v) is 2.71. The van der Waals surface area contributed by atoms with Crippen molar-refractivity contribution >= 4 is 0 Å². The molecule has 0 radical (unpaired) electrons. The van der Waals surface area contributed by atoms with Gasteiger partial charge in [-0.1, -0.05) is 25.1 Å². The summed E-state index contributed by atoms with van der Waals surface area (Å²) in [5, 5.41) is 0. The van der Waals surface area contributed by atoms with Crippen molar-refractivity contribution in [2.75, 3.05) is 26.2 Å². The number of halogens is 3. The summed E-state index contributed by atoms with van der Waals surface area (Å²) in [5.41, 5.74) is 6.40. The van der Waals surface area contributed by atoms with Crippen LogP contribution in [0.25, 0.3) is 0 Å². The maximum Gasteiger partial charge on any atom is 0.401 e. The van der Waals surface area contributed by atoms with Crippen molar-refractivity contribution in [1.29, 1.82) is 0 Å². The standard InChI is InChI=1S/C13H19F3N2O/c1-2-18(10-13(14,15)16)7-8-19-12-6-4-3-5-11(12)9-17/h3-6H,2,7-10,17H2,1H3. The Balaban J connectivity index is 2.44. The molecule has 0 aliphatic carbocycles. The number of rotatable bonds is 7. The van der Waals surface area contributed by atoms with E-state index in [0.717, 1.165) is 5.56 Å². The highest BCUT2D eigenvalue weighted by Gasteiger charge is 2.29. The molecule has 0 fully saturated rings. The molecule has 0 aliphatic rings. The van der Waals surface area contributed by atoms with Gasteiger partial charge >= 0.3 is 6.18 Å². The van der Waals surface area contributed by atoms with Gasteiger partial charge in [-0.25, -0.2) is 0 Å². The Bertz CT molecular complexity index is 382. The van der Waals surface area contributed by atoms with Crippen LogP contribution in [0, 0.1) is 0 Å². The fraction of sp³-hybridized carbons (Fsp3) is 0.538. The Morgan fingerprint density at radius 1 is 1.26 bits per heavy atom. The van der Waals surface area contributed by atoms with Crippen LogP contribution in [0.2, 0.25) is 0 Å². The van der Waals surface area contributed by atoms with Crippen LogP contribution >= 0.6 is 0 Å². The van der Waals surface area contributed by atoms with Crippen LogP contribution in [0.1, 0.15) is 12.5 Å². The minimum absolute atomic E-state index is 0.209. The lowest BCUT2D eigenvalue weighted by Crippen LogP contribution is -2.36. The van der Waals surface area contributed by atoms with E-state index in [0.29, 0.717) is 18.8 Å². The SMILES string of the molecule is CCN(CCOc1ccccc1CN)CC(F)(F)F. The minimum Gasteiger partial charge on any atom is -0.492 e. The average Bonchev–Trinajstić information content (AvgIpc) is 2.36. The van der Waals surface area contributed by atoms with Crippen molar-refractivity contribution in [1.82, 2.24) is 4.90 Å². The Morgan fingerprint density at radius 3 is 2.53 bits per heavy atom. The Hall–Kier alpha value is -1.27. The molecule has 6 heteroatoms. The van der Waals surface area contributed by atoms with E-state index in [2.05, 4.69) is 0 Å². The number of para-hydroxylation sites is 1. The van der Waals surface area contributed by atoms with Gasteiger partial charge < -0.3 is 10.5 Å². The van der Waals surface area contributed by atoms with E-state index in [4.69, 9.17) is 10.5 Å². The first-order valence-electron chi connectivity index (χ1n) is 6.16. The van der Waals surface area contributed by atoms with Crippen molar-refractivity contribution in [3.05, 3.63) is 29.8 Å². The minimum atomic E-state index is -4.18. The molecule has 0 bridgehead atoms. The maximum absolute atomic E-state index is 12.3. The first-order chi connectivity index (χ1) is 8.96. The van der Waals surface area contributed by atoms with Crippen molar-refractivity contribution in [3.63, 3.8) is 0 Å². The molecule has 0 aliphatic heterocycles. The largest absolute Gasteiger partial charge is 0.492 e. The van der Waals surface area contributed by atoms with E-state index >= 15 is 0 Å². The first-order valence-corrected chi connectivity index (χ1v) is 6.16. The Morgan fingerprint density at radius 2 is 1.95 bits per heavy atom. The normalized spacial score (nSPS) is 11.9. The third-order valence-electron chi connectivity index (χ3n) is 2.71. The molecule has 19 heavy (non-hydrogen) atoms. The van der Waals surface area contributed by atoms with Gasteiger partial charge in [-0.2, -0.15) is 13.2 Å². The summed E-state index contributed by atoms with van der Waals surface area (Å²) in [4.78, 5) is 1.30. The van der Waals surface area contributed by atoms with Gasteiger partial charge in [0.15, 0.2) is 0 Å². The molecule has 1 aromatic rings. The number of ether oxygens (including phenoxy) is 1. The van der Waals surface area contributed by atoms with Crippen LogP contribution in [-0.2, 0) is 6.54 Å². The lowest BCUT2D eigenvalue weighted by Gasteiger charge is -2.22. The Kier molecular flexibility index (Phi) is 6.11. The molecule has 0 saturated carbocycles. The predicted octanol–water partition coefficient (Wildman–Crippen LogP) is 2.41. The fourth-order valence-corrected chi connectivity index (χ4v) is 1.70. The summed E-state index contributed by atoms with van der Waals surface area (Å²) in [7, 11) is 0. The second-order valence-electron chi connectivity index (χ2n) is 4.14. The highest BCUT2D eigenvalue weighted by atomic mass is 19.4. The molecular formula is C13H19F3N2O. The average molecular weight is 276 g/mol. The monoisotopic (exact) mass is 276 g/mol. The van der Waals surface area contributed by atoms with Crippen LogP contribution in [-0.4, -0.2) is 37.3 Å². The topological polar surface area (TPSA) is 38.5 Å². The molecule has 1 rings (SSSR count). The molecule has 0 unspecified atom stereocenters. The molecule has 1 aromatic carbocycles. The summed E-state index contributed by atoms with van der Waals surface area (Å²) < 4.78 is 42.3. The molecule has 2 N–H and O–H groups in total. The summed E-state index contributed by atoms with van der Waals surface area (Å²) in [6.45, 7) is 1.90. The molecule has 3 nitrogen and oxygen atoms in total. The molecule has 0 heterocycles. The molecule has 0 spiro atoms. The van der Waals surface area contributed by atoms with Crippen LogP contribution in [0.5, 0.6) is 5.75 Å². The lowest BCUT2D eigenvalue weighted by atomic mass is 10.2. The molecule has 0 saturated heterocycles. The summed E-state index contributed by atoms with van der Waals surface area (Å²) in [6, 6.07) is 7.25. The van der Waals surface area contributed by atoms with Crippen molar-refractivity contribution in [2.45, 2.75) is 19.6 Å². The van der Waals surface area contributed by atoms with Crippen LogP contribution < -0.4 is 10.5 Å². The van der Waals surface area contributed by atoms with Gasteiger partial charge in [0.2, 0.25) is 0 Å². The van der Waals surface area contributed by atoms with E-state index in [1.165, 1.54) is 4.90 Å². The highest BCUT2D eigenvalue weighted by molar-refractivity contribution is 5.32. The molecule has 108 valence electrons. The van der Waals surface area contributed by atoms with E-state index in [1.54, 1.807) is 13.0 Å². The van der Waals surface area contributed by atoms with E-state index in [9.17, 15) is 13.2 Å². The van der Waals surface area contributed by atoms with Gasteiger partial charge in [0, 0.05) is 18.7 Å². The number of nitrogens with zero attached hydrogens (tertiary/aromatic N) is 1. The van der Waals surface area contributed by atoms with Gasteiger partial charge in [0.25, 0.3) is 0 Å². The lowest BCUT2D eigenvalue weighted by molar-refractivity contribution is -0.146. The van der Waals surface area contributed by atoms with Gasteiger partial charge in [-0.05, 0) is 12.6 Å². The fourth-order valence-electron chi connectivity index (χ4n) is 1.70. The number of hydrogen-bond acceptors (Lipinski definition) is 3. The van der Waals surface area contributed by atoms with E-state index in [1.807, 2.05) is 18.2 Å².